The molecule has 0 saturated carbocycles. The van der Waals surface area contributed by atoms with Gasteiger partial charge < -0.3 is 18.9 Å². The van der Waals surface area contributed by atoms with Crippen molar-refractivity contribution in [3.8, 4) is 0 Å². The zero-order valence-electron chi connectivity index (χ0n) is 24.3. The molecule has 0 saturated heterocycles. The molecule has 13 heteroatoms. The van der Waals surface area contributed by atoms with E-state index in [4.69, 9.17) is 0 Å². The minimum atomic E-state index is -4.13. The van der Waals surface area contributed by atoms with Crippen molar-refractivity contribution in [1.82, 2.24) is 9.80 Å². The molecular weight excluding hydrogens is 573 g/mol. The normalized spacial score (nSPS) is 11.6. The summed E-state index contributed by atoms with van der Waals surface area (Å²) in [7, 11) is -4.92. The Bertz CT molecular complexity index is 833. The van der Waals surface area contributed by atoms with Gasteiger partial charge in [-0.25, -0.2) is 16.8 Å². The van der Waals surface area contributed by atoms with Gasteiger partial charge in [-0.2, -0.15) is 0 Å². The number of hydrogen-bond acceptors (Lipinski definition) is 8. The van der Waals surface area contributed by atoms with E-state index in [0.717, 1.165) is 51.4 Å². The van der Waals surface area contributed by atoms with Crippen LogP contribution in [0.4, 0.5) is 0 Å². The third-order valence-electron chi connectivity index (χ3n) is 5.50. The Morgan fingerprint density at radius 3 is 1.23 bits per heavy atom. The van der Waals surface area contributed by atoms with Crippen molar-refractivity contribution in [2.45, 2.75) is 90.9 Å². The summed E-state index contributed by atoms with van der Waals surface area (Å²) in [6.45, 7) is 5.19. The van der Waals surface area contributed by atoms with Crippen LogP contribution in [0.1, 0.15) is 90.9 Å². The number of carbonyl (C=O) groups excluding carboxylic acids is 2. The van der Waals surface area contributed by atoms with Crippen molar-refractivity contribution in [3.05, 3.63) is 24.3 Å². The molecule has 0 aromatic carbocycles. The molecule has 0 radical (unpaired) electrons. The van der Waals surface area contributed by atoms with Crippen molar-refractivity contribution in [2.75, 3.05) is 38.7 Å². The smallest absolute Gasteiger partial charge is 0.748 e. The van der Waals surface area contributed by atoms with Gasteiger partial charge in [0.25, 0.3) is 0 Å². The molecule has 0 aromatic rings. The first-order chi connectivity index (χ1) is 17.7. The van der Waals surface area contributed by atoms with Crippen LogP contribution in [0.15, 0.2) is 24.3 Å². The second-order valence-electron chi connectivity index (χ2n) is 9.25. The van der Waals surface area contributed by atoms with Crippen LogP contribution in [0, 0.1) is 0 Å². The second-order valence-corrected chi connectivity index (χ2v) is 12.3. The predicted molar refractivity (Wildman–Crippen MR) is 155 cm³/mol. The van der Waals surface area contributed by atoms with Gasteiger partial charge in [0, 0.05) is 38.7 Å². The molecule has 0 atom stereocenters. The summed E-state index contributed by atoms with van der Waals surface area (Å²) in [6.07, 6.45) is 17.1. The van der Waals surface area contributed by atoms with Crippen LogP contribution >= 0.6 is 0 Å². The minimum absolute atomic E-state index is 0. The summed E-state index contributed by atoms with van der Waals surface area (Å²) in [6, 6.07) is 0. The summed E-state index contributed by atoms with van der Waals surface area (Å²) in [5.74, 6) is -0.882. The zero-order chi connectivity index (χ0) is 29.5. The van der Waals surface area contributed by atoms with Gasteiger partial charge in [0.05, 0.1) is 20.2 Å². The summed E-state index contributed by atoms with van der Waals surface area (Å²) in [4.78, 5) is 26.3. The maximum Gasteiger partial charge on any atom is 2.00 e. The van der Waals surface area contributed by atoms with Crippen LogP contribution in [-0.4, -0.2) is 124 Å². The monoisotopic (exact) mass is 620 g/mol. The van der Waals surface area contributed by atoms with Crippen LogP contribution in [0.25, 0.3) is 0 Å². The number of nitrogens with zero attached hydrogens (tertiary/aromatic N) is 2. The van der Waals surface area contributed by atoms with E-state index in [1.54, 1.807) is 26.2 Å². The van der Waals surface area contributed by atoms with Crippen LogP contribution in [-0.2, 0) is 29.8 Å². The summed E-state index contributed by atoms with van der Waals surface area (Å²) in [5, 5.41) is 0. The molecule has 0 spiro atoms. The van der Waals surface area contributed by atoms with E-state index in [2.05, 4.69) is 13.8 Å². The Balaban J connectivity index is -0.000000648. The summed E-state index contributed by atoms with van der Waals surface area (Å²) in [5.41, 5.74) is 0. The minimum Gasteiger partial charge on any atom is -0.748 e. The van der Waals surface area contributed by atoms with Gasteiger partial charge in [-0.3, -0.25) is 9.59 Å². The van der Waals surface area contributed by atoms with Gasteiger partial charge in [0.2, 0.25) is 11.8 Å². The fourth-order valence-corrected chi connectivity index (χ4v) is 4.24. The standard InChI is InChI=1S/2C13H25NO4S.Ca/c2*1-3-4-5-6-7-10-13(15)14(2)11-8-9-12-19(16,17)18;/h2*7,10H,3-6,8-9,11-12H2,1-2H3,(H,16,17,18);/q;;+2/p-2/b2*10-7+;. The Labute approximate surface area is 267 Å². The van der Waals surface area contributed by atoms with E-state index in [9.17, 15) is 35.5 Å². The van der Waals surface area contributed by atoms with Gasteiger partial charge in [-0.05, 0) is 63.5 Å². The van der Waals surface area contributed by atoms with E-state index in [0.29, 0.717) is 38.8 Å². The summed E-state index contributed by atoms with van der Waals surface area (Å²) >= 11 is 0. The maximum absolute atomic E-state index is 11.6. The molecule has 224 valence electrons. The molecule has 0 aliphatic rings. The largest absolute Gasteiger partial charge is 2.00 e. The van der Waals surface area contributed by atoms with Gasteiger partial charge in [-0.1, -0.05) is 51.7 Å². The van der Waals surface area contributed by atoms with E-state index in [-0.39, 0.29) is 61.1 Å². The number of unbranched alkanes of at least 4 members (excludes halogenated alkanes) is 8. The Morgan fingerprint density at radius 2 is 0.949 bits per heavy atom. The Hall–Kier alpha value is -0.500. The molecule has 2 amide bonds. The zero-order valence-corrected chi connectivity index (χ0v) is 28.1. The molecule has 0 aromatic heterocycles. The third kappa shape index (κ3) is 33.6. The van der Waals surface area contributed by atoms with Gasteiger partial charge >= 0.3 is 37.7 Å². The molecule has 0 rings (SSSR count). The quantitative estimate of drug-likeness (QED) is 0.0868. The fraction of sp³-hybridized carbons (Fsp3) is 0.769. The molecule has 0 heterocycles. The van der Waals surface area contributed by atoms with Crippen LogP contribution < -0.4 is 0 Å². The van der Waals surface area contributed by atoms with E-state index in [1.807, 2.05) is 12.2 Å². The SMILES string of the molecule is CCCCC/C=C/C(=O)N(C)CCCCS(=O)(=O)[O-].CCCCC/C=C/C(=O)N(C)CCCCS(=O)(=O)[O-].[Ca+2]. The third-order valence-corrected chi connectivity index (χ3v) is 7.08. The van der Waals surface area contributed by atoms with Crippen molar-refractivity contribution in [2.24, 2.45) is 0 Å². The first kappa shape index (κ1) is 43.0. The molecule has 0 aliphatic carbocycles. The van der Waals surface area contributed by atoms with Crippen LogP contribution in [0.5, 0.6) is 0 Å². The predicted octanol–water partition coefficient (Wildman–Crippen LogP) is 3.43. The maximum atomic E-state index is 11.6. The van der Waals surface area contributed by atoms with E-state index in [1.165, 1.54) is 9.80 Å². The van der Waals surface area contributed by atoms with Gasteiger partial charge in [0.1, 0.15) is 0 Å². The number of amides is 2. The first-order valence-corrected chi connectivity index (χ1v) is 16.6. The average Bonchev–Trinajstić information content (AvgIpc) is 2.83. The van der Waals surface area contributed by atoms with Gasteiger partial charge in [-0.15, -0.1) is 0 Å². The number of hydrogen-bond donors (Lipinski definition) is 0. The van der Waals surface area contributed by atoms with Gasteiger partial charge in [0.15, 0.2) is 0 Å². The first-order valence-electron chi connectivity index (χ1n) is 13.4. The molecule has 10 nitrogen and oxygen atoms in total. The Morgan fingerprint density at radius 1 is 0.615 bits per heavy atom. The average molecular weight is 621 g/mol. The van der Waals surface area contributed by atoms with Crippen LogP contribution in [0.2, 0.25) is 0 Å². The van der Waals surface area contributed by atoms with Crippen molar-refractivity contribution in [3.63, 3.8) is 0 Å². The number of likely N-dealkylation sites (N-methyl/N-ethyl adjacent to an activating group) is 2. The van der Waals surface area contributed by atoms with Crippen molar-refractivity contribution in [1.29, 1.82) is 0 Å². The summed E-state index contributed by atoms with van der Waals surface area (Å²) < 4.78 is 62.3. The second kappa shape index (κ2) is 26.4. The molecule has 0 bridgehead atoms. The fourth-order valence-electron chi connectivity index (χ4n) is 3.12. The molecular formula is C26H48CaN2O8S2. The topological polar surface area (TPSA) is 155 Å². The van der Waals surface area contributed by atoms with Crippen molar-refractivity contribution < 1.29 is 35.5 Å². The molecule has 0 aliphatic heterocycles. The number of rotatable bonds is 20. The number of allylic oxidation sites excluding steroid dienone is 2. The molecule has 0 N–H and O–H groups in total. The van der Waals surface area contributed by atoms with Crippen LogP contribution in [0.3, 0.4) is 0 Å². The van der Waals surface area contributed by atoms with Crippen molar-refractivity contribution >= 4 is 69.8 Å². The molecule has 39 heavy (non-hydrogen) atoms. The molecule has 0 fully saturated rings. The van der Waals surface area contributed by atoms with E-state index < -0.39 is 20.2 Å². The van der Waals surface area contributed by atoms with E-state index >= 15 is 0 Å². The molecule has 0 unspecified atom stereocenters. The Kier molecular flexibility index (Phi) is 29.1. The number of carbonyl (C=O) groups is 2.